The van der Waals surface area contributed by atoms with Crippen LogP contribution in [0.5, 0.6) is 11.5 Å². The van der Waals surface area contributed by atoms with Crippen molar-refractivity contribution < 1.29 is 35.8 Å². The lowest BCUT2D eigenvalue weighted by Crippen LogP contribution is -2.21. The molecule has 0 amide bonds. The van der Waals surface area contributed by atoms with E-state index in [1.54, 1.807) is 12.1 Å². The minimum atomic E-state index is -4.51. The van der Waals surface area contributed by atoms with Gasteiger partial charge in [-0.3, -0.25) is 0 Å². The third kappa shape index (κ3) is 5.17. The molecule has 5 rings (SSSR count). The molecule has 0 radical (unpaired) electrons. The van der Waals surface area contributed by atoms with E-state index in [1.165, 1.54) is 30.6 Å². The van der Waals surface area contributed by atoms with Crippen LogP contribution in [0, 0.1) is 0 Å². The molecule has 2 aromatic carbocycles. The number of alkyl halides is 3. The van der Waals surface area contributed by atoms with E-state index in [0.29, 0.717) is 42.9 Å². The van der Waals surface area contributed by atoms with Gasteiger partial charge in [-0.25, -0.2) is 18.4 Å². The molecule has 0 aliphatic carbocycles. The Bertz CT molecular complexity index is 1340. The largest absolute Gasteiger partial charge is 0.493 e. The molecule has 1 aromatic heterocycles. The third-order valence-electron chi connectivity index (χ3n) is 6.22. The van der Waals surface area contributed by atoms with E-state index < -0.39 is 21.6 Å². The highest BCUT2D eigenvalue weighted by molar-refractivity contribution is 7.90. The average molecular weight is 521 g/mol. The highest BCUT2D eigenvalue weighted by Crippen LogP contribution is 2.44. The highest BCUT2D eigenvalue weighted by atomic mass is 32.2. The molecule has 190 valence electrons. The summed E-state index contributed by atoms with van der Waals surface area (Å²) in [5.41, 5.74) is 0.480. The Morgan fingerprint density at radius 2 is 1.78 bits per heavy atom. The number of benzene rings is 2. The summed E-state index contributed by atoms with van der Waals surface area (Å²) >= 11 is 0. The summed E-state index contributed by atoms with van der Waals surface area (Å²) in [7, 11) is -3.74. The van der Waals surface area contributed by atoms with Gasteiger partial charge in [0.15, 0.2) is 9.84 Å². The smallest absolute Gasteiger partial charge is 0.416 e. The normalized spacial score (nSPS) is 20.0. The Kier molecular flexibility index (Phi) is 6.60. The number of fused-ring (bicyclic) bond motifs is 1. The van der Waals surface area contributed by atoms with Crippen LogP contribution in [0.15, 0.2) is 59.8 Å². The molecule has 2 aliphatic heterocycles. The molecule has 2 atom stereocenters. The summed E-state index contributed by atoms with van der Waals surface area (Å²) in [5, 5.41) is 0. The fourth-order valence-electron chi connectivity index (χ4n) is 4.43. The van der Waals surface area contributed by atoms with Gasteiger partial charge >= 0.3 is 6.18 Å². The van der Waals surface area contributed by atoms with Crippen LogP contribution < -0.4 is 9.47 Å². The first-order valence-electron chi connectivity index (χ1n) is 11.4. The predicted molar refractivity (Wildman–Crippen MR) is 123 cm³/mol. The number of sulfone groups is 1. The summed E-state index contributed by atoms with van der Waals surface area (Å²) in [6.07, 6.45) is -0.812. The van der Waals surface area contributed by atoms with Crippen LogP contribution in [0.2, 0.25) is 0 Å². The molecule has 0 bridgehead atoms. The zero-order valence-corrected chi connectivity index (χ0v) is 19.9. The molecular weight excluding hydrogens is 497 g/mol. The van der Waals surface area contributed by atoms with Gasteiger partial charge in [0.1, 0.15) is 29.2 Å². The first-order valence-corrected chi connectivity index (χ1v) is 13.1. The molecule has 7 nitrogen and oxygen atoms in total. The van der Waals surface area contributed by atoms with Crippen LogP contribution in [0.3, 0.4) is 0 Å². The van der Waals surface area contributed by atoms with Crippen LogP contribution in [-0.2, 0) is 26.5 Å². The Balaban J connectivity index is 1.49. The summed E-state index contributed by atoms with van der Waals surface area (Å²) < 4.78 is 83.3. The second-order valence-electron chi connectivity index (χ2n) is 8.67. The Labute approximate surface area is 206 Å². The maximum absolute atomic E-state index is 13.4. The fourth-order valence-corrected chi connectivity index (χ4v) is 5.65. The number of nitrogens with zero attached hydrogens (tertiary/aromatic N) is 2. The van der Waals surface area contributed by atoms with Crippen LogP contribution >= 0.6 is 0 Å². The van der Waals surface area contributed by atoms with E-state index in [4.69, 9.17) is 14.2 Å². The lowest BCUT2D eigenvalue weighted by Gasteiger charge is -2.29. The van der Waals surface area contributed by atoms with Gasteiger partial charge in [-0.15, -0.1) is 0 Å². The van der Waals surface area contributed by atoms with Crippen LogP contribution in [0.4, 0.5) is 13.2 Å². The first kappa shape index (κ1) is 24.5. The maximum Gasteiger partial charge on any atom is 0.416 e. The molecule has 3 heterocycles. The lowest BCUT2D eigenvalue weighted by molar-refractivity contribution is -0.137. The zero-order chi connectivity index (χ0) is 25.3. The summed E-state index contributed by atoms with van der Waals surface area (Å²) in [5.74, 6) is 0.00243. The molecule has 0 saturated carbocycles. The van der Waals surface area contributed by atoms with Crippen LogP contribution in [-0.4, -0.2) is 44.3 Å². The van der Waals surface area contributed by atoms with Crippen molar-refractivity contribution >= 4 is 9.84 Å². The summed E-state index contributed by atoms with van der Waals surface area (Å²) in [4.78, 5) is 8.02. The molecule has 0 unspecified atom stereocenters. The second-order valence-corrected chi connectivity index (χ2v) is 10.7. The van der Waals surface area contributed by atoms with Crippen molar-refractivity contribution in [1.29, 1.82) is 0 Å². The number of aromatic nitrogens is 2. The monoisotopic (exact) mass is 520 g/mol. The van der Waals surface area contributed by atoms with Crippen molar-refractivity contribution in [3.05, 3.63) is 77.4 Å². The number of hydrogen-bond donors (Lipinski definition) is 0. The zero-order valence-electron chi connectivity index (χ0n) is 19.1. The standard InChI is InChI=1S/C25H23F3N2O5S/c26-25(27,28)16-2-4-21(23(12-16)35-17-6-10-33-14-17)19-7-11-34-22-13-18(3-5-20(19)22)36(31,32)15-24-29-8-1-9-30-24/h1-5,8-9,12-13,17,19H,6-7,10-11,14-15H2/t17-,19+/m0/s1. The van der Waals surface area contributed by atoms with Crippen molar-refractivity contribution in [2.75, 3.05) is 19.8 Å². The Hall–Kier alpha value is -3.18. The van der Waals surface area contributed by atoms with Gasteiger partial charge in [0, 0.05) is 35.9 Å². The molecule has 0 spiro atoms. The fraction of sp³-hybridized carbons (Fsp3) is 0.360. The SMILES string of the molecule is O=S(=O)(Cc1ncccn1)c1ccc2c(c1)OCC[C@H]2c1ccc(C(F)(F)F)cc1O[C@H]1CCOC1. The van der Waals surface area contributed by atoms with E-state index in [9.17, 15) is 21.6 Å². The van der Waals surface area contributed by atoms with Crippen molar-refractivity contribution in [2.45, 2.75) is 41.7 Å². The predicted octanol–water partition coefficient (Wildman–Crippen LogP) is 4.55. The summed E-state index contributed by atoms with van der Waals surface area (Å²) in [6, 6.07) is 9.69. The quantitative estimate of drug-likeness (QED) is 0.471. The minimum Gasteiger partial charge on any atom is -0.493 e. The van der Waals surface area contributed by atoms with Crippen LogP contribution in [0.1, 0.15) is 41.3 Å². The lowest BCUT2D eigenvalue weighted by atomic mass is 9.85. The van der Waals surface area contributed by atoms with Gasteiger partial charge in [0.2, 0.25) is 0 Å². The molecule has 1 fully saturated rings. The van der Waals surface area contributed by atoms with Crippen molar-refractivity contribution in [1.82, 2.24) is 9.97 Å². The van der Waals surface area contributed by atoms with Gasteiger partial charge in [0.25, 0.3) is 0 Å². The summed E-state index contributed by atoms with van der Waals surface area (Å²) in [6.45, 7) is 1.08. The topological polar surface area (TPSA) is 87.6 Å². The highest BCUT2D eigenvalue weighted by Gasteiger charge is 2.34. The molecule has 11 heteroatoms. The van der Waals surface area contributed by atoms with Crippen molar-refractivity contribution in [3.63, 3.8) is 0 Å². The van der Waals surface area contributed by atoms with Gasteiger partial charge < -0.3 is 14.2 Å². The molecule has 2 aliphatic rings. The van der Waals surface area contributed by atoms with E-state index in [-0.39, 0.29) is 40.9 Å². The minimum absolute atomic E-state index is 0.0568. The first-order chi connectivity index (χ1) is 17.2. The van der Waals surface area contributed by atoms with E-state index >= 15 is 0 Å². The van der Waals surface area contributed by atoms with Crippen molar-refractivity contribution in [2.24, 2.45) is 0 Å². The van der Waals surface area contributed by atoms with Gasteiger partial charge in [-0.1, -0.05) is 12.1 Å². The average Bonchev–Trinajstić information content (AvgIpc) is 3.36. The number of hydrogen-bond acceptors (Lipinski definition) is 7. The van der Waals surface area contributed by atoms with E-state index in [2.05, 4.69) is 9.97 Å². The van der Waals surface area contributed by atoms with Crippen molar-refractivity contribution in [3.8, 4) is 11.5 Å². The maximum atomic E-state index is 13.4. The molecule has 0 N–H and O–H groups in total. The van der Waals surface area contributed by atoms with Gasteiger partial charge in [0.05, 0.1) is 30.3 Å². The van der Waals surface area contributed by atoms with Gasteiger partial charge in [-0.05, 0) is 36.8 Å². The second kappa shape index (κ2) is 9.70. The molecule has 1 saturated heterocycles. The number of ether oxygens (including phenoxy) is 3. The Morgan fingerprint density at radius 3 is 2.50 bits per heavy atom. The Morgan fingerprint density at radius 1 is 1.00 bits per heavy atom. The van der Waals surface area contributed by atoms with E-state index in [1.807, 2.05) is 0 Å². The third-order valence-corrected chi connectivity index (χ3v) is 7.83. The van der Waals surface area contributed by atoms with Crippen LogP contribution in [0.25, 0.3) is 0 Å². The molecule has 36 heavy (non-hydrogen) atoms. The number of halogens is 3. The van der Waals surface area contributed by atoms with E-state index in [0.717, 1.165) is 12.1 Å². The molecule has 3 aromatic rings. The molecular formula is C25H23F3N2O5S. The van der Waals surface area contributed by atoms with Gasteiger partial charge in [-0.2, -0.15) is 13.2 Å². The number of rotatable bonds is 6.